The van der Waals surface area contributed by atoms with Gasteiger partial charge in [0.1, 0.15) is 0 Å². The third kappa shape index (κ3) is 4.13. The van der Waals surface area contributed by atoms with Crippen molar-refractivity contribution in [2.75, 3.05) is 19.6 Å². The Balaban J connectivity index is 1.20. The van der Waals surface area contributed by atoms with Crippen LogP contribution in [0.25, 0.3) is 10.9 Å². The molecular weight excluding hydrogens is 340 g/mol. The summed E-state index contributed by atoms with van der Waals surface area (Å²) in [6.45, 7) is 3.68. The number of nitrogens with zero attached hydrogens (tertiary/aromatic N) is 1. The van der Waals surface area contributed by atoms with Gasteiger partial charge in [-0.3, -0.25) is 0 Å². The first-order valence-corrected chi connectivity index (χ1v) is 10.2. The number of unbranched alkanes of at least 4 members (excludes halogenated alkanes) is 1. The smallest absolute Gasteiger partial charge is 0.0456 e. The van der Waals surface area contributed by atoms with Crippen molar-refractivity contribution in [3.05, 3.63) is 70.9 Å². The molecule has 1 aromatic heterocycles. The van der Waals surface area contributed by atoms with E-state index >= 15 is 0 Å². The minimum absolute atomic E-state index is 0.703. The van der Waals surface area contributed by atoms with E-state index in [1.54, 1.807) is 0 Å². The standard InChI is InChI=1S/C23H27ClN2/c24-21-10-8-18(9-11-21)19-12-15-26(16-13-19)14-4-3-5-20-17-25-23-7-2-1-6-22(20)23/h1-2,6-11,17,19,25H,3-5,12-16H2. The van der Waals surface area contributed by atoms with Gasteiger partial charge in [-0.2, -0.15) is 0 Å². The SMILES string of the molecule is Clc1ccc(C2CCN(CCCCc3c[nH]c4ccccc34)CC2)cc1. The van der Waals surface area contributed by atoms with Crippen LogP contribution in [0.5, 0.6) is 0 Å². The van der Waals surface area contributed by atoms with Gasteiger partial charge in [-0.25, -0.2) is 0 Å². The van der Waals surface area contributed by atoms with Crippen molar-refractivity contribution in [1.29, 1.82) is 0 Å². The van der Waals surface area contributed by atoms with Crippen LogP contribution < -0.4 is 0 Å². The quantitative estimate of drug-likeness (QED) is 0.528. The van der Waals surface area contributed by atoms with E-state index in [9.17, 15) is 0 Å². The molecule has 1 aliphatic heterocycles. The number of piperidine rings is 1. The molecule has 1 fully saturated rings. The Bertz CT molecular complexity index is 829. The number of hydrogen-bond acceptors (Lipinski definition) is 1. The number of aryl methyl sites for hydroxylation is 1. The number of halogens is 1. The summed E-state index contributed by atoms with van der Waals surface area (Å²) in [4.78, 5) is 6.02. The summed E-state index contributed by atoms with van der Waals surface area (Å²) in [6.07, 6.45) is 8.44. The fourth-order valence-corrected chi connectivity index (χ4v) is 4.34. The van der Waals surface area contributed by atoms with E-state index in [-0.39, 0.29) is 0 Å². The first kappa shape index (κ1) is 17.6. The lowest BCUT2D eigenvalue weighted by molar-refractivity contribution is 0.209. The molecule has 2 aromatic carbocycles. The van der Waals surface area contributed by atoms with Gasteiger partial charge in [-0.1, -0.05) is 41.9 Å². The Morgan fingerprint density at radius 1 is 0.962 bits per heavy atom. The van der Waals surface area contributed by atoms with E-state index in [0.717, 1.165) is 5.02 Å². The van der Waals surface area contributed by atoms with Gasteiger partial charge in [-0.05, 0) is 87.0 Å². The Kier molecular flexibility index (Phi) is 5.62. The molecule has 1 N–H and O–H groups in total. The molecule has 0 radical (unpaired) electrons. The summed E-state index contributed by atoms with van der Waals surface area (Å²) >= 11 is 6.00. The highest BCUT2D eigenvalue weighted by molar-refractivity contribution is 6.30. The Hall–Kier alpha value is -1.77. The molecule has 0 unspecified atom stereocenters. The van der Waals surface area contributed by atoms with E-state index in [1.807, 2.05) is 12.1 Å². The number of rotatable bonds is 6. The molecule has 26 heavy (non-hydrogen) atoms. The fourth-order valence-electron chi connectivity index (χ4n) is 4.21. The molecule has 0 bridgehead atoms. The third-order valence-electron chi connectivity index (χ3n) is 5.77. The minimum Gasteiger partial charge on any atom is -0.361 e. The Labute approximate surface area is 161 Å². The molecule has 0 amide bonds. The molecule has 1 saturated heterocycles. The van der Waals surface area contributed by atoms with Crippen molar-refractivity contribution in [1.82, 2.24) is 9.88 Å². The van der Waals surface area contributed by atoms with Crippen molar-refractivity contribution in [3.63, 3.8) is 0 Å². The molecule has 2 heterocycles. The summed E-state index contributed by atoms with van der Waals surface area (Å²) in [5.74, 6) is 0.703. The number of aromatic nitrogens is 1. The molecule has 1 aliphatic rings. The molecule has 0 aliphatic carbocycles. The number of fused-ring (bicyclic) bond motifs is 1. The van der Waals surface area contributed by atoms with Gasteiger partial charge in [-0.15, -0.1) is 0 Å². The third-order valence-corrected chi connectivity index (χ3v) is 6.03. The summed E-state index contributed by atoms with van der Waals surface area (Å²) < 4.78 is 0. The van der Waals surface area contributed by atoms with Gasteiger partial charge in [0, 0.05) is 22.1 Å². The zero-order valence-electron chi connectivity index (χ0n) is 15.3. The van der Waals surface area contributed by atoms with Crippen molar-refractivity contribution in [2.24, 2.45) is 0 Å². The second-order valence-electron chi connectivity index (χ2n) is 7.48. The van der Waals surface area contributed by atoms with Crippen LogP contribution in [0.4, 0.5) is 0 Å². The molecule has 0 atom stereocenters. The van der Waals surface area contributed by atoms with Crippen molar-refractivity contribution in [2.45, 2.75) is 38.0 Å². The highest BCUT2D eigenvalue weighted by atomic mass is 35.5. The maximum absolute atomic E-state index is 6.00. The lowest BCUT2D eigenvalue weighted by atomic mass is 9.89. The minimum atomic E-state index is 0.703. The van der Waals surface area contributed by atoms with E-state index in [2.05, 4.69) is 52.5 Å². The molecule has 2 nitrogen and oxygen atoms in total. The first-order valence-electron chi connectivity index (χ1n) is 9.82. The zero-order chi connectivity index (χ0) is 17.8. The van der Waals surface area contributed by atoms with Crippen molar-refractivity contribution >= 4 is 22.5 Å². The number of hydrogen-bond donors (Lipinski definition) is 1. The van der Waals surface area contributed by atoms with Crippen LogP contribution in [-0.4, -0.2) is 29.5 Å². The van der Waals surface area contributed by atoms with E-state index in [0.29, 0.717) is 5.92 Å². The number of benzene rings is 2. The average Bonchev–Trinajstić information content (AvgIpc) is 3.10. The molecule has 4 rings (SSSR count). The second-order valence-corrected chi connectivity index (χ2v) is 7.92. The predicted octanol–water partition coefficient (Wildman–Crippen LogP) is 6.02. The van der Waals surface area contributed by atoms with E-state index in [1.165, 1.54) is 73.8 Å². The second kappa shape index (κ2) is 8.28. The van der Waals surface area contributed by atoms with Gasteiger partial charge < -0.3 is 9.88 Å². The van der Waals surface area contributed by atoms with E-state index < -0.39 is 0 Å². The lowest BCUT2D eigenvalue weighted by Crippen LogP contribution is -2.33. The topological polar surface area (TPSA) is 19.0 Å². The van der Waals surface area contributed by atoms with Crippen LogP contribution in [0, 0.1) is 0 Å². The summed E-state index contributed by atoms with van der Waals surface area (Å²) in [7, 11) is 0. The maximum atomic E-state index is 6.00. The molecule has 136 valence electrons. The zero-order valence-corrected chi connectivity index (χ0v) is 16.0. The van der Waals surface area contributed by atoms with Gasteiger partial charge in [0.15, 0.2) is 0 Å². The fraction of sp³-hybridized carbons (Fsp3) is 0.391. The number of likely N-dealkylation sites (tertiary alicyclic amines) is 1. The molecule has 0 spiro atoms. The van der Waals surface area contributed by atoms with Crippen LogP contribution in [0.15, 0.2) is 54.7 Å². The van der Waals surface area contributed by atoms with Crippen LogP contribution in [-0.2, 0) is 6.42 Å². The summed E-state index contributed by atoms with van der Waals surface area (Å²) in [5, 5.41) is 2.22. The van der Waals surface area contributed by atoms with Gasteiger partial charge in [0.05, 0.1) is 0 Å². The molecule has 3 heteroatoms. The van der Waals surface area contributed by atoms with Crippen molar-refractivity contribution in [3.8, 4) is 0 Å². The van der Waals surface area contributed by atoms with Gasteiger partial charge >= 0.3 is 0 Å². The van der Waals surface area contributed by atoms with Gasteiger partial charge in [0.2, 0.25) is 0 Å². The maximum Gasteiger partial charge on any atom is 0.0456 e. The number of aromatic amines is 1. The Morgan fingerprint density at radius 2 is 1.73 bits per heavy atom. The Morgan fingerprint density at radius 3 is 2.54 bits per heavy atom. The monoisotopic (exact) mass is 366 g/mol. The molecule has 0 saturated carbocycles. The highest BCUT2D eigenvalue weighted by Gasteiger charge is 2.20. The summed E-state index contributed by atoms with van der Waals surface area (Å²) in [6, 6.07) is 17.0. The number of nitrogens with one attached hydrogen (secondary N) is 1. The predicted molar refractivity (Wildman–Crippen MR) is 111 cm³/mol. The lowest BCUT2D eigenvalue weighted by Gasteiger charge is -2.32. The van der Waals surface area contributed by atoms with Crippen LogP contribution in [0.2, 0.25) is 5.02 Å². The summed E-state index contributed by atoms with van der Waals surface area (Å²) in [5.41, 5.74) is 4.17. The first-order chi connectivity index (χ1) is 12.8. The molecule has 3 aromatic rings. The van der Waals surface area contributed by atoms with Crippen LogP contribution in [0.1, 0.15) is 42.7 Å². The highest BCUT2D eigenvalue weighted by Crippen LogP contribution is 2.29. The molecular formula is C23H27ClN2. The van der Waals surface area contributed by atoms with Crippen LogP contribution >= 0.6 is 11.6 Å². The average molecular weight is 367 g/mol. The largest absolute Gasteiger partial charge is 0.361 e. The van der Waals surface area contributed by atoms with Crippen LogP contribution in [0.3, 0.4) is 0 Å². The van der Waals surface area contributed by atoms with Gasteiger partial charge in [0.25, 0.3) is 0 Å². The normalized spacial score (nSPS) is 16.3. The number of para-hydroxylation sites is 1. The number of H-pyrrole nitrogens is 1. The van der Waals surface area contributed by atoms with Crippen molar-refractivity contribution < 1.29 is 0 Å². The van der Waals surface area contributed by atoms with E-state index in [4.69, 9.17) is 11.6 Å².